The molecular weight excluding hydrogens is 258 g/mol. The third-order valence-electron chi connectivity index (χ3n) is 2.51. The fourth-order valence-corrected chi connectivity index (χ4v) is 1.35. The summed E-state index contributed by atoms with van der Waals surface area (Å²) in [5.41, 5.74) is -0.484. The third-order valence-corrected chi connectivity index (χ3v) is 2.51. The number of rotatable bonds is 3. The number of carbonyl (C=O) groups is 3. The molecule has 0 saturated carbocycles. The predicted molar refractivity (Wildman–Crippen MR) is 74.7 cm³/mol. The largest absolute Gasteiger partial charge is 0.478 e. The number of carboxylic acids is 1. The van der Waals surface area contributed by atoms with E-state index in [2.05, 4.69) is 5.32 Å². The zero-order valence-electron chi connectivity index (χ0n) is 11.6. The molecule has 5 nitrogen and oxygen atoms in total. The molecule has 2 amide bonds. The first-order valence-corrected chi connectivity index (χ1v) is 6.07. The summed E-state index contributed by atoms with van der Waals surface area (Å²) in [7, 11) is 0. The molecule has 0 unspecified atom stereocenters. The lowest BCUT2D eigenvalue weighted by Gasteiger charge is -2.16. The molecule has 0 heterocycles. The first-order chi connectivity index (χ1) is 9.21. The van der Waals surface area contributed by atoms with Crippen LogP contribution in [0.15, 0.2) is 36.4 Å². The maximum absolute atomic E-state index is 11.7. The summed E-state index contributed by atoms with van der Waals surface area (Å²) in [6.07, 6.45) is 0.918. The maximum atomic E-state index is 11.7. The molecule has 0 aliphatic heterocycles. The Labute approximate surface area is 117 Å². The molecule has 0 aliphatic rings. The van der Waals surface area contributed by atoms with Crippen LogP contribution in [-0.2, 0) is 14.4 Å². The molecule has 1 rings (SSSR count). The number of carboxylic acid groups (broad SMARTS) is 1. The zero-order chi connectivity index (χ0) is 15.3. The average Bonchev–Trinajstić information content (AvgIpc) is 2.35. The van der Waals surface area contributed by atoms with Crippen LogP contribution in [0.4, 0.5) is 0 Å². The Kier molecular flexibility index (Phi) is 4.80. The number of benzene rings is 1. The molecule has 0 aromatic heterocycles. The summed E-state index contributed by atoms with van der Waals surface area (Å²) in [5.74, 6) is -2.43. The number of carbonyl (C=O) groups excluding carboxylic acids is 2. The summed E-state index contributed by atoms with van der Waals surface area (Å²) in [6, 6.07) is 8.25. The summed E-state index contributed by atoms with van der Waals surface area (Å²) >= 11 is 0. The minimum atomic E-state index is -1.23. The van der Waals surface area contributed by atoms with Crippen molar-refractivity contribution in [2.75, 3.05) is 0 Å². The minimum Gasteiger partial charge on any atom is -0.478 e. The van der Waals surface area contributed by atoms with E-state index in [-0.39, 0.29) is 5.57 Å². The fourth-order valence-electron chi connectivity index (χ4n) is 1.35. The zero-order valence-corrected chi connectivity index (χ0v) is 11.6. The second-order valence-corrected chi connectivity index (χ2v) is 5.30. The van der Waals surface area contributed by atoms with Crippen LogP contribution in [0, 0.1) is 5.41 Å². The van der Waals surface area contributed by atoms with Crippen LogP contribution in [0.3, 0.4) is 0 Å². The molecular formula is C15H17NO4. The lowest BCUT2D eigenvalue weighted by atomic mass is 9.95. The van der Waals surface area contributed by atoms with Crippen molar-refractivity contribution in [1.29, 1.82) is 0 Å². The van der Waals surface area contributed by atoms with Gasteiger partial charge in [-0.05, 0) is 5.56 Å². The van der Waals surface area contributed by atoms with E-state index in [0.717, 1.165) is 6.08 Å². The quantitative estimate of drug-likeness (QED) is 0.824. The highest BCUT2D eigenvalue weighted by Crippen LogP contribution is 2.15. The van der Waals surface area contributed by atoms with Crippen LogP contribution in [-0.4, -0.2) is 22.9 Å². The highest BCUT2D eigenvalue weighted by atomic mass is 16.4. The molecule has 2 N–H and O–H groups in total. The number of amides is 2. The predicted octanol–water partition coefficient (Wildman–Crippen LogP) is 1.84. The van der Waals surface area contributed by atoms with Gasteiger partial charge in [-0.1, -0.05) is 51.1 Å². The first-order valence-electron chi connectivity index (χ1n) is 6.07. The van der Waals surface area contributed by atoms with Crippen LogP contribution >= 0.6 is 0 Å². The average molecular weight is 275 g/mol. The first kappa shape index (κ1) is 15.6. The van der Waals surface area contributed by atoms with Gasteiger partial charge in [0.25, 0.3) is 5.91 Å². The molecule has 20 heavy (non-hydrogen) atoms. The van der Waals surface area contributed by atoms with Gasteiger partial charge in [0.15, 0.2) is 0 Å². The van der Waals surface area contributed by atoms with Crippen molar-refractivity contribution in [2.45, 2.75) is 20.8 Å². The van der Waals surface area contributed by atoms with Crippen molar-refractivity contribution in [3.63, 3.8) is 0 Å². The SMILES string of the molecule is CC(C)(C)C(=O)NC(=O)/C=C(/C(=O)O)c1ccccc1. The van der Waals surface area contributed by atoms with Gasteiger partial charge in [0, 0.05) is 11.5 Å². The van der Waals surface area contributed by atoms with Crippen molar-refractivity contribution in [1.82, 2.24) is 5.32 Å². The molecule has 0 saturated heterocycles. The monoisotopic (exact) mass is 275 g/mol. The molecule has 1 aromatic rings. The van der Waals surface area contributed by atoms with E-state index in [1.807, 2.05) is 0 Å². The molecule has 0 radical (unpaired) electrons. The standard InChI is InChI=1S/C15H17NO4/c1-15(2,3)14(20)16-12(17)9-11(13(18)19)10-7-5-4-6-8-10/h4-9H,1-3H3,(H,18,19)(H,16,17,20)/b11-9+. The van der Waals surface area contributed by atoms with Crippen LogP contribution in [0.5, 0.6) is 0 Å². The molecule has 0 bridgehead atoms. The van der Waals surface area contributed by atoms with Crippen LogP contribution in [0.1, 0.15) is 26.3 Å². The van der Waals surface area contributed by atoms with Crippen LogP contribution in [0.2, 0.25) is 0 Å². The topological polar surface area (TPSA) is 83.5 Å². The van der Waals surface area contributed by atoms with Gasteiger partial charge in [0.05, 0.1) is 5.57 Å². The summed E-state index contributed by atoms with van der Waals surface area (Å²) in [4.78, 5) is 34.6. The highest BCUT2D eigenvalue weighted by molar-refractivity contribution is 6.21. The lowest BCUT2D eigenvalue weighted by molar-refractivity contribution is -0.134. The second-order valence-electron chi connectivity index (χ2n) is 5.30. The molecule has 1 aromatic carbocycles. The van der Waals surface area contributed by atoms with E-state index in [0.29, 0.717) is 5.56 Å². The number of nitrogens with one attached hydrogen (secondary N) is 1. The normalized spacial score (nSPS) is 11.8. The molecule has 0 atom stereocenters. The summed E-state index contributed by atoms with van der Waals surface area (Å²) in [6.45, 7) is 4.98. The molecule has 0 aliphatic carbocycles. The Bertz CT molecular complexity index is 553. The van der Waals surface area contributed by atoms with Crippen molar-refractivity contribution in [3.05, 3.63) is 42.0 Å². The van der Waals surface area contributed by atoms with E-state index in [1.165, 1.54) is 0 Å². The van der Waals surface area contributed by atoms with Crippen molar-refractivity contribution in [3.8, 4) is 0 Å². The fraction of sp³-hybridized carbons (Fsp3) is 0.267. The van der Waals surface area contributed by atoms with Gasteiger partial charge in [-0.25, -0.2) is 4.79 Å². The smallest absolute Gasteiger partial charge is 0.336 e. The van der Waals surface area contributed by atoms with Crippen molar-refractivity contribution >= 4 is 23.4 Å². The van der Waals surface area contributed by atoms with E-state index >= 15 is 0 Å². The lowest BCUT2D eigenvalue weighted by Crippen LogP contribution is -2.38. The van der Waals surface area contributed by atoms with Crippen molar-refractivity contribution < 1.29 is 19.5 Å². The van der Waals surface area contributed by atoms with Gasteiger partial charge in [0.1, 0.15) is 0 Å². The maximum Gasteiger partial charge on any atom is 0.336 e. The molecule has 106 valence electrons. The molecule has 5 heteroatoms. The Morgan fingerprint density at radius 3 is 2.10 bits per heavy atom. The molecule has 0 spiro atoms. The minimum absolute atomic E-state index is 0.162. The van der Waals surface area contributed by atoms with E-state index in [1.54, 1.807) is 51.1 Å². The molecule has 0 fully saturated rings. The summed E-state index contributed by atoms with van der Waals surface area (Å²) < 4.78 is 0. The Morgan fingerprint density at radius 1 is 1.10 bits per heavy atom. The van der Waals surface area contributed by atoms with Gasteiger partial charge in [-0.3, -0.25) is 14.9 Å². The van der Waals surface area contributed by atoms with Gasteiger partial charge in [0.2, 0.25) is 5.91 Å². The van der Waals surface area contributed by atoms with Gasteiger partial charge in [-0.15, -0.1) is 0 Å². The summed E-state index contributed by atoms with van der Waals surface area (Å²) in [5, 5.41) is 11.3. The Balaban J connectivity index is 2.97. The van der Waals surface area contributed by atoms with E-state index in [9.17, 15) is 14.4 Å². The van der Waals surface area contributed by atoms with Crippen LogP contribution < -0.4 is 5.32 Å². The second kappa shape index (κ2) is 6.14. The van der Waals surface area contributed by atoms with Gasteiger partial charge >= 0.3 is 5.97 Å². The van der Waals surface area contributed by atoms with Crippen molar-refractivity contribution in [2.24, 2.45) is 5.41 Å². The number of imide groups is 1. The highest BCUT2D eigenvalue weighted by Gasteiger charge is 2.23. The van der Waals surface area contributed by atoms with E-state index < -0.39 is 23.2 Å². The number of hydrogen-bond acceptors (Lipinski definition) is 3. The van der Waals surface area contributed by atoms with Gasteiger partial charge in [-0.2, -0.15) is 0 Å². The van der Waals surface area contributed by atoms with Crippen LogP contribution in [0.25, 0.3) is 5.57 Å². The number of aliphatic carboxylic acids is 1. The Hall–Kier alpha value is -2.43. The van der Waals surface area contributed by atoms with Gasteiger partial charge < -0.3 is 5.11 Å². The number of hydrogen-bond donors (Lipinski definition) is 2. The third kappa shape index (κ3) is 4.35. The Morgan fingerprint density at radius 2 is 1.65 bits per heavy atom. The van der Waals surface area contributed by atoms with E-state index in [4.69, 9.17) is 5.11 Å².